The molecule has 17 heavy (non-hydrogen) atoms. The third kappa shape index (κ3) is 3.55. The van der Waals surface area contributed by atoms with Crippen LogP contribution in [0.25, 0.3) is 10.6 Å². The number of amides is 1. The Balaban J connectivity index is 1.97. The maximum atomic E-state index is 11.5. The van der Waals surface area contributed by atoms with Crippen LogP contribution in [0.4, 0.5) is 5.13 Å². The highest BCUT2D eigenvalue weighted by molar-refractivity contribution is 7.98. The molecule has 0 aliphatic carbocycles. The van der Waals surface area contributed by atoms with E-state index in [2.05, 4.69) is 10.3 Å². The Morgan fingerprint density at radius 3 is 3.12 bits per heavy atom. The van der Waals surface area contributed by atoms with Gasteiger partial charge in [-0.1, -0.05) is 6.07 Å². The minimum atomic E-state index is 0.0337. The first-order valence-electron chi connectivity index (χ1n) is 5.08. The molecular formula is C11H12N2OS3. The molecule has 0 spiro atoms. The number of rotatable bonds is 5. The van der Waals surface area contributed by atoms with E-state index in [1.54, 1.807) is 23.1 Å². The summed E-state index contributed by atoms with van der Waals surface area (Å²) < 4.78 is 0. The highest BCUT2D eigenvalue weighted by atomic mass is 32.2. The van der Waals surface area contributed by atoms with Gasteiger partial charge in [-0.25, -0.2) is 4.98 Å². The van der Waals surface area contributed by atoms with Crippen molar-refractivity contribution in [2.45, 2.75) is 6.42 Å². The number of aromatic nitrogens is 1. The Kier molecular flexibility index (Phi) is 4.58. The standard InChI is InChI=1S/C11H12N2OS3/c1-15-6-4-10(14)13-11-12-8(7-17-11)9-3-2-5-16-9/h2-3,5,7H,4,6H2,1H3,(H,12,13,14). The highest BCUT2D eigenvalue weighted by Gasteiger charge is 2.08. The third-order valence-corrected chi connectivity index (χ3v) is 4.32. The molecule has 90 valence electrons. The number of thioether (sulfide) groups is 1. The number of carbonyl (C=O) groups excluding carboxylic acids is 1. The van der Waals surface area contributed by atoms with Crippen molar-refractivity contribution in [1.82, 2.24) is 4.98 Å². The van der Waals surface area contributed by atoms with Crippen LogP contribution < -0.4 is 5.32 Å². The van der Waals surface area contributed by atoms with Crippen LogP contribution in [0, 0.1) is 0 Å². The fourth-order valence-electron chi connectivity index (χ4n) is 1.25. The molecule has 0 aromatic carbocycles. The summed E-state index contributed by atoms with van der Waals surface area (Å²) in [7, 11) is 0. The number of nitrogens with one attached hydrogen (secondary N) is 1. The summed E-state index contributed by atoms with van der Waals surface area (Å²) in [4.78, 5) is 17.0. The Morgan fingerprint density at radius 1 is 1.53 bits per heavy atom. The van der Waals surface area contributed by atoms with E-state index in [1.165, 1.54) is 11.3 Å². The maximum Gasteiger partial charge on any atom is 0.226 e. The van der Waals surface area contributed by atoms with Crippen LogP contribution in [-0.4, -0.2) is 22.9 Å². The lowest BCUT2D eigenvalue weighted by Gasteiger charge is -1.99. The van der Waals surface area contributed by atoms with E-state index in [-0.39, 0.29) is 5.91 Å². The monoisotopic (exact) mass is 284 g/mol. The molecule has 0 bridgehead atoms. The van der Waals surface area contributed by atoms with Gasteiger partial charge in [0.15, 0.2) is 5.13 Å². The second-order valence-electron chi connectivity index (χ2n) is 3.31. The molecule has 0 aliphatic heterocycles. The van der Waals surface area contributed by atoms with Gasteiger partial charge in [0.1, 0.15) is 0 Å². The molecular weight excluding hydrogens is 272 g/mol. The van der Waals surface area contributed by atoms with Crippen molar-refractivity contribution in [3.05, 3.63) is 22.9 Å². The van der Waals surface area contributed by atoms with E-state index >= 15 is 0 Å². The van der Waals surface area contributed by atoms with Crippen molar-refractivity contribution in [3.63, 3.8) is 0 Å². The molecule has 0 unspecified atom stereocenters. The number of carbonyl (C=O) groups is 1. The second-order valence-corrected chi connectivity index (χ2v) is 6.10. The van der Waals surface area contributed by atoms with Crippen molar-refractivity contribution in [2.75, 3.05) is 17.3 Å². The number of thiophene rings is 1. The van der Waals surface area contributed by atoms with Crippen molar-refractivity contribution in [3.8, 4) is 10.6 Å². The van der Waals surface area contributed by atoms with Crippen LogP contribution in [0.1, 0.15) is 6.42 Å². The van der Waals surface area contributed by atoms with Gasteiger partial charge in [0.2, 0.25) is 5.91 Å². The van der Waals surface area contributed by atoms with Crippen LogP contribution in [0.3, 0.4) is 0 Å². The fraction of sp³-hybridized carbons (Fsp3) is 0.273. The molecule has 2 aromatic heterocycles. The van der Waals surface area contributed by atoms with Gasteiger partial charge in [-0.15, -0.1) is 22.7 Å². The van der Waals surface area contributed by atoms with E-state index < -0.39 is 0 Å². The van der Waals surface area contributed by atoms with Gasteiger partial charge in [0, 0.05) is 17.6 Å². The molecule has 3 nitrogen and oxygen atoms in total. The molecule has 2 rings (SSSR count). The van der Waals surface area contributed by atoms with Crippen molar-refractivity contribution >= 4 is 45.5 Å². The van der Waals surface area contributed by atoms with E-state index in [0.29, 0.717) is 11.6 Å². The number of nitrogens with zero attached hydrogens (tertiary/aromatic N) is 1. The quantitative estimate of drug-likeness (QED) is 0.912. The largest absolute Gasteiger partial charge is 0.302 e. The predicted molar refractivity (Wildman–Crippen MR) is 77.1 cm³/mol. The van der Waals surface area contributed by atoms with Gasteiger partial charge in [-0.05, 0) is 17.7 Å². The summed E-state index contributed by atoms with van der Waals surface area (Å²) in [6, 6.07) is 4.02. The predicted octanol–water partition coefficient (Wildman–Crippen LogP) is 3.56. The second kappa shape index (κ2) is 6.18. The molecule has 0 saturated carbocycles. The zero-order valence-electron chi connectivity index (χ0n) is 9.30. The Hall–Kier alpha value is -0.850. The molecule has 0 saturated heterocycles. The topological polar surface area (TPSA) is 42.0 Å². The zero-order chi connectivity index (χ0) is 12.1. The minimum absolute atomic E-state index is 0.0337. The summed E-state index contributed by atoms with van der Waals surface area (Å²) in [5, 5.41) is 7.49. The Labute approximate surface area is 112 Å². The lowest BCUT2D eigenvalue weighted by atomic mass is 10.4. The van der Waals surface area contributed by atoms with Gasteiger partial charge < -0.3 is 5.32 Å². The summed E-state index contributed by atoms with van der Waals surface area (Å²) >= 11 is 4.78. The lowest BCUT2D eigenvalue weighted by molar-refractivity contribution is -0.115. The fourth-order valence-corrected chi connectivity index (χ4v) is 3.12. The Bertz CT molecular complexity index is 479. The van der Waals surface area contributed by atoms with E-state index in [1.807, 2.05) is 29.1 Å². The minimum Gasteiger partial charge on any atom is -0.302 e. The number of anilines is 1. The summed E-state index contributed by atoms with van der Waals surface area (Å²) in [5.41, 5.74) is 0.935. The van der Waals surface area contributed by atoms with E-state index in [9.17, 15) is 4.79 Å². The van der Waals surface area contributed by atoms with Gasteiger partial charge in [0.05, 0.1) is 10.6 Å². The number of thiazole rings is 1. The van der Waals surface area contributed by atoms with Crippen LogP contribution in [-0.2, 0) is 4.79 Å². The van der Waals surface area contributed by atoms with Crippen molar-refractivity contribution in [1.29, 1.82) is 0 Å². The zero-order valence-corrected chi connectivity index (χ0v) is 11.8. The first kappa shape index (κ1) is 12.6. The third-order valence-electron chi connectivity index (χ3n) is 2.06. The Morgan fingerprint density at radius 2 is 2.41 bits per heavy atom. The molecule has 2 aromatic rings. The summed E-state index contributed by atoms with van der Waals surface area (Å²) in [5.74, 6) is 0.876. The molecule has 2 heterocycles. The average Bonchev–Trinajstić information content (AvgIpc) is 2.95. The van der Waals surface area contributed by atoms with Crippen LogP contribution >= 0.6 is 34.4 Å². The van der Waals surface area contributed by atoms with Gasteiger partial charge in [-0.3, -0.25) is 4.79 Å². The van der Waals surface area contributed by atoms with Crippen molar-refractivity contribution in [2.24, 2.45) is 0 Å². The van der Waals surface area contributed by atoms with Gasteiger partial charge in [0.25, 0.3) is 0 Å². The first-order valence-corrected chi connectivity index (χ1v) is 8.23. The maximum absolute atomic E-state index is 11.5. The molecule has 0 radical (unpaired) electrons. The lowest BCUT2D eigenvalue weighted by Crippen LogP contribution is -2.11. The SMILES string of the molecule is CSCCC(=O)Nc1nc(-c2cccs2)cs1. The van der Waals surface area contributed by atoms with Crippen LogP contribution in [0.2, 0.25) is 0 Å². The smallest absolute Gasteiger partial charge is 0.226 e. The number of hydrogen-bond donors (Lipinski definition) is 1. The average molecular weight is 284 g/mol. The highest BCUT2D eigenvalue weighted by Crippen LogP contribution is 2.28. The van der Waals surface area contributed by atoms with E-state index in [4.69, 9.17) is 0 Å². The summed E-state index contributed by atoms with van der Waals surface area (Å²) in [6.07, 6.45) is 2.53. The van der Waals surface area contributed by atoms with Gasteiger partial charge in [-0.2, -0.15) is 11.8 Å². The summed E-state index contributed by atoms with van der Waals surface area (Å²) in [6.45, 7) is 0. The number of hydrogen-bond acceptors (Lipinski definition) is 5. The first-order chi connectivity index (χ1) is 8.29. The molecule has 1 amide bonds. The normalized spacial score (nSPS) is 10.4. The molecule has 0 atom stereocenters. The van der Waals surface area contributed by atoms with E-state index in [0.717, 1.165) is 16.3 Å². The van der Waals surface area contributed by atoms with Crippen LogP contribution in [0.5, 0.6) is 0 Å². The molecule has 6 heteroatoms. The molecule has 0 fully saturated rings. The van der Waals surface area contributed by atoms with Crippen LogP contribution in [0.15, 0.2) is 22.9 Å². The van der Waals surface area contributed by atoms with Gasteiger partial charge >= 0.3 is 0 Å². The molecule has 0 aliphatic rings. The molecule has 1 N–H and O–H groups in total. The van der Waals surface area contributed by atoms with Crippen molar-refractivity contribution < 1.29 is 4.79 Å².